The lowest BCUT2D eigenvalue weighted by Gasteiger charge is -2.20. The summed E-state index contributed by atoms with van der Waals surface area (Å²) < 4.78 is 91.3. The molecule has 3 heteroatoms. The van der Waals surface area contributed by atoms with Crippen LogP contribution in [0.3, 0.4) is 0 Å². The van der Waals surface area contributed by atoms with E-state index in [4.69, 9.17) is 13.7 Å². The van der Waals surface area contributed by atoms with Gasteiger partial charge in [-0.2, -0.15) is 0 Å². The Labute approximate surface area is 258 Å². The number of halogens is 1. The van der Waals surface area contributed by atoms with Crippen molar-refractivity contribution < 1.29 is 13.7 Å². The van der Waals surface area contributed by atoms with Crippen molar-refractivity contribution in [3.8, 4) is 27.9 Å². The van der Waals surface area contributed by atoms with Gasteiger partial charge in [0, 0.05) is 45.6 Å². The molecule has 6 aromatic carbocycles. The van der Waals surface area contributed by atoms with Gasteiger partial charge in [0.1, 0.15) is 0 Å². The molecule has 39 heavy (non-hydrogen) atoms. The Morgan fingerprint density at radius 2 is 1.21 bits per heavy atom. The van der Waals surface area contributed by atoms with Gasteiger partial charge in [0.15, 0.2) is 0 Å². The van der Waals surface area contributed by atoms with Crippen LogP contribution < -0.4 is 0 Å². The molecule has 0 aliphatic heterocycles. The van der Waals surface area contributed by atoms with Crippen LogP contribution in [0, 0.1) is 3.57 Å². The van der Waals surface area contributed by atoms with Crippen molar-refractivity contribution in [1.29, 1.82) is 0 Å². The Balaban J connectivity index is 1.66. The molecule has 0 fully saturated rings. The van der Waals surface area contributed by atoms with E-state index in [0.717, 1.165) is 42.0 Å². The molecule has 0 amide bonds. The summed E-state index contributed by atoms with van der Waals surface area (Å²) in [6, 6.07) is 18.7. The highest BCUT2D eigenvalue weighted by atomic mass is 127. The molecule has 2 heterocycles. The van der Waals surface area contributed by atoms with Gasteiger partial charge in [-0.15, -0.1) is 11.3 Å². The second kappa shape index (κ2) is 9.08. The minimum atomic E-state index is -0.527. The van der Waals surface area contributed by atoms with Crippen molar-refractivity contribution in [2.45, 2.75) is 0 Å². The first-order valence-corrected chi connectivity index (χ1v) is 14.1. The molecule has 0 N–H and O–H groups in total. The molecule has 1 nitrogen and oxygen atoms in total. The molecule has 8 rings (SSSR count). The van der Waals surface area contributed by atoms with Crippen LogP contribution in [-0.4, -0.2) is 4.57 Å². The Kier molecular flexibility index (Phi) is 3.49. The van der Waals surface area contributed by atoms with Crippen LogP contribution >= 0.6 is 33.9 Å². The van der Waals surface area contributed by atoms with Crippen LogP contribution in [0.15, 0.2) is 133 Å². The number of fused-ring (bicyclic) bond motifs is 7. The minimum absolute atomic E-state index is 0.0545. The Morgan fingerprint density at radius 1 is 0.590 bits per heavy atom. The molecule has 0 bridgehead atoms. The maximum Gasteiger partial charge on any atom is 0.0629 e. The predicted octanol–water partition coefficient (Wildman–Crippen LogP) is 11.1. The van der Waals surface area contributed by atoms with Gasteiger partial charge in [0.25, 0.3) is 0 Å². The highest BCUT2D eigenvalue weighted by Gasteiger charge is 2.22. The number of aromatic nitrogens is 1. The van der Waals surface area contributed by atoms with E-state index in [9.17, 15) is 0 Å². The lowest BCUT2D eigenvalue weighted by molar-refractivity contribution is 1.18. The molecular weight excluding hydrogens is 605 g/mol. The highest BCUT2D eigenvalue weighted by molar-refractivity contribution is 14.1. The molecule has 0 aliphatic rings. The summed E-state index contributed by atoms with van der Waals surface area (Å²) in [5.74, 6) is 0. The fourth-order valence-electron chi connectivity index (χ4n) is 5.51. The van der Waals surface area contributed by atoms with E-state index in [2.05, 4.69) is 34.7 Å². The van der Waals surface area contributed by atoms with E-state index in [0.29, 0.717) is 9.26 Å². The molecule has 2 aromatic heterocycles. The predicted molar refractivity (Wildman–Crippen MR) is 177 cm³/mol. The van der Waals surface area contributed by atoms with Crippen molar-refractivity contribution in [3.63, 3.8) is 0 Å². The normalized spacial score (nSPS) is 15.3. The topological polar surface area (TPSA) is 4.93 Å². The fourth-order valence-corrected chi connectivity index (χ4v) is 7.24. The van der Waals surface area contributed by atoms with E-state index in [1.807, 2.05) is 53.1 Å². The third-order valence-electron chi connectivity index (χ3n) is 7.01. The summed E-state index contributed by atoms with van der Waals surface area (Å²) in [6.07, 6.45) is 0. The zero-order valence-corrected chi connectivity index (χ0v) is 23.1. The average Bonchev–Trinajstić information content (AvgIpc) is 3.64. The van der Waals surface area contributed by atoms with Crippen LogP contribution in [-0.2, 0) is 0 Å². The molecule has 0 spiro atoms. The lowest BCUT2D eigenvalue weighted by atomic mass is 9.95. The second-order valence-electron chi connectivity index (χ2n) is 9.13. The summed E-state index contributed by atoms with van der Waals surface area (Å²) >= 11 is 3.74. The molecule has 184 valence electrons. The first kappa shape index (κ1) is 15.0. The number of benzene rings is 6. The van der Waals surface area contributed by atoms with E-state index >= 15 is 0 Å². The maximum atomic E-state index is 8.98. The van der Waals surface area contributed by atoms with E-state index in [-0.39, 0.29) is 22.3 Å². The molecule has 0 atom stereocenters. The Bertz CT molecular complexity index is 2600. The molecule has 0 radical (unpaired) electrons. The molecule has 0 aliphatic carbocycles. The average molecular weight is 638 g/mol. The summed E-state index contributed by atoms with van der Waals surface area (Å²) in [5.41, 5.74) is 2.25. The van der Waals surface area contributed by atoms with Crippen LogP contribution in [0.1, 0.15) is 13.7 Å². The third kappa shape index (κ3) is 3.57. The van der Waals surface area contributed by atoms with Crippen molar-refractivity contribution in [1.82, 2.24) is 4.57 Å². The summed E-state index contributed by atoms with van der Waals surface area (Å²) in [6.45, 7) is 0. The van der Waals surface area contributed by atoms with Crippen LogP contribution in [0.2, 0.25) is 0 Å². The number of hydrogen-bond donors (Lipinski definition) is 0. The lowest BCUT2D eigenvalue weighted by Crippen LogP contribution is -2.01. The first-order chi connectivity index (χ1) is 23.4. The molecule has 0 saturated carbocycles. The van der Waals surface area contributed by atoms with Crippen molar-refractivity contribution in [3.05, 3.63) is 137 Å². The zero-order valence-electron chi connectivity index (χ0n) is 30.2. The van der Waals surface area contributed by atoms with Crippen molar-refractivity contribution in [2.75, 3.05) is 0 Å². The van der Waals surface area contributed by atoms with Crippen LogP contribution in [0.25, 0.3) is 69.9 Å². The van der Waals surface area contributed by atoms with Gasteiger partial charge in [-0.3, -0.25) is 0 Å². The van der Waals surface area contributed by atoms with Gasteiger partial charge in [-0.25, -0.2) is 0 Å². The molecular formula is C36H22INS. The zero-order chi connectivity index (χ0) is 34.6. The molecule has 0 unspecified atom stereocenters. The van der Waals surface area contributed by atoms with Gasteiger partial charge >= 0.3 is 0 Å². The summed E-state index contributed by atoms with van der Waals surface area (Å²) in [7, 11) is 0. The van der Waals surface area contributed by atoms with Gasteiger partial charge in [0.05, 0.1) is 30.4 Å². The van der Waals surface area contributed by atoms with E-state index < -0.39 is 60.4 Å². The summed E-state index contributed by atoms with van der Waals surface area (Å²) in [5, 5.41) is 3.98. The smallest absolute Gasteiger partial charge is 0.0629 e. The summed E-state index contributed by atoms with van der Waals surface area (Å²) in [4.78, 5) is 0. The van der Waals surface area contributed by atoms with Gasteiger partial charge in [-0.1, -0.05) is 96.8 Å². The van der Waals surface area contributed by atoms with Gasteiger partial charge in [-0.05, 0) is 70.1 Å². The first-order valence-electron chi connectivity index (χ1n) is 17.2. The Morgan fingerprint density at radius 3 is 1.90 bits per heavy atom. The number of rotatable bonds is 3. The number of hydrogen-bond acceptors (Lipinski definition) is 1. The van der Waals surface area contributed by atoms with E-state index in [1.54, 1.807) is 23.5 Å². The molecule has 0 saturated heterocycles. The highest BCUT2D eigenvalue weighted by Crippen LogP contribution is 2.46. The van der Waals surface area contributed by atoms with E-state index in [1.165, 1.54) is 0 Å². The fraction of sp³-hybridized carbons (Fsp3) is 0. The van der Waals surface area contributed by atoms with Crippen molar-refractivity contribution >= 4 is 75.9 Å². The van der Waals surface area contributed by atoms with Gasteiger partial charge in [0.2, 0.25) is 0 Å². The van der Waals surface area contributed by atoms with Crippen molar-refractivity contribution in [2.24, 2.45) is 0 Å². The van der Waals surface area contributed by atoms with Crippen LogP contribution in [0.5, 0.6) is 0 Å². The van der Waals surface area contributed by atoms with Crippen LogP contribution in [0.4, 0.5) is 0 Å². The second-order valence-corrected chi connectivity index (χ2v) is 11.5. The monoisotopic (exact) mass is 637 g/mol. The number of thiophene rings is 1. The Hall–Kier alpha value is -3.93. The SMILES string of the molecule is [2H]c1c([2H])c([2H])c(-c2cc(I)cc(-c3c([2H])c([2H])c([2H])c([2H])c3[2H])c2-n2c3ccccc3c3c4c(ccc32)sc2ccccc24)c([2H])c1[2H]. The quantitative estimate of drug-likeness (QED) is 0.170. The van der Waals surface area contributed by atoms with Gasteiger partial charge < -0.3 is 4.57 Å². The standard InChI is InChI=1S/C36H22INS/c37-25-21-28(23-11-3-1-4-12-23)36(29(22-25)24-13-5-2-6-14-24)38-30-17-9-7-15-26(30)34-31(38)19-20-33-35(34)27-16-8-10-18-32(27)39-33/h1-22H/i1D,2D,3D,4D,5D,6D,11D,12D,13D,14D. The molecule has 8 aromatic rings. The largest absolute Gasteiger partial charge is 0.308 e. The number of para-hydroxylation sites is 1. The number of nitrogens with zero attached hydrogens (tertiary/aromatic N) is 1. The maximum absolute atomic E-state index is 8.98. The minimum Gasteiger partial charge on any atom is -0.308 e. The third-order valence-corrected chi connectivity index (χ3v) is 8.77.